The third kappa shape index (κ3) is 2.17. The number of aromatic nitrogens is 2. The number of para-hydroxylation sites is 1. The van der Waals surface area contributed by atoms with Crippen LogP contribution in [0.5, 0.6) is 0 Å². The van der Waals surface area contributed by atoms with Crippen molar-refractivity contribution in [3.05, 3.63) is 69.1 Å². The number of hydrogen-bond donors (Lipinski definition) is 1. The Morgan fingerprint density at radius 2 is 2.00 bits per heavy atom. The minimum atomic E-state index is -0.0933. The van der Waals surface area contributed by atoms with Crippen LogP contribution in [0, 0.1) is 6.92 Å². The van der Waals surface area contributed by atoms with Crippen LogP contribution in [-0.4, -0.2) is 9.55 Å². The summed E-state index contributed by atoms with van der Waals surface area (Å²) in [5.74, 6) is 0. The summed E-state index contributed by atoms with van der Waals surface area (Å²) >= 11 is 5.98. The fourth-order valence-corrected chi connectivity index (χ4v) is 2.58. The Morgan fingerprint density at radius 1 is 1.21 bits per heavy atom. The quantitative estimate of drug-likeness (QED) is 0.763. The molecule has 0 bridgehead atoms. The molecule has 0 aliphatic heterocycles. The summed E-state index contributed by atoms with van der Waals surface area (Å²) in [6.07, 6.45) is 0. The highest BCUT2D eigenvalue weighted by atomic mass is 35.5. The van der Waals surface area contributed by atoms with Gasteiger partial charge in [-0.15, -0.1) is 0 Å². The van der Waals surface area contributed by atoms with Crippen molar-refractivity contribution in [1.29, 1.82) is 0 Å². The lowest BCUT2D eigenvalue weighted by molar-refractivity contribution is 0.785. The van der Waals surface area contributed by atoms with Gasteiger partial charge in [-0.2, -0.15) is 0 Å². The summed E-state index contributed by atoms with van der Waals surface area (Å²) in [5.41, 5.74) is 3.82. The van der Waals surface area contributed by atoms with Gasteiger partial charge in [-0.25, -0.2) is 4.79 Å². The van der Waals surface area contributed by atoms with Crippen LogP contribution in [0.1, 0.15) is 11.1 Å². The van der Waals surface area contributed by atoms with E-state index in [1.807, 2.05) is 49.4 Å². The van der Waals surface area contributed by atoms with E-state index in [2.05, 4.69) is 4.98 Å². The molecule has 2 aromatic carbocycles. The molecule has 1 heterocycles. The summed E-state index contributed by atoms with van der Waals surface area (Å²) in [7, 11) is 0. The zero-order valence-electron chi connectivity index (χ0n) is 10.5. The standard InChI is InChI=1S/C15H13ClN2O/c1-10-4-2-7-13-14(10)18(15(19)17-13)9-11-5-3-6-12(16)8-11/h2-8H,9H2,1H3,(H,17,19). The Morgan fingerprint density at radius 3 is 2.79 bits per heavy atom. The summed E-state index contributed by atoms with van der Waals surface area (Å²) in [4.78, 5) is 14.9. The highest BCUT2D eigenvalue weighted by molar-refractivity contribution is 6.30. The number of rotatable bonds is 2. The average molecular weight is 273 g/mol. The van der Waals surface area contributed by atoms with Crippen molar-refractivity contribution in [2.45, 2.75) is 13.5 Å². The van der Waals surface area contributed by atoms with Crippen molar-refractivity contribution in [1.82, 2.24) is 9.55 Å². The van der Waals surface area contributed by atoms with Gasteiger partial charge in [-0.3, -0.25) is 4.57 Å². The minimum absolute atomic E-state index is 0.0933. The third-order valence-electron chi connectivity index (χ3n) is 3.22. The second kappa shape index (κ2) is 4.59. The zero-order valence-corrected chi connectivity index (χ0v) is 11.2. The van der Waals surface area contributed by atoms with Crippen molar-refractivity contribution in [3.63, 3.8) is 0 Å². The molecule has 3 rings (SSSR count). The fourth-order valence-electron chi connectivity index (χ4n) is 2.37. The van der Waals surface area contributed by atoms with E-state index >= 15 is 0 Å². The Balaban J connectivity index is 2.15. The van der Waals surface area contributed by atoms with Gasteiger partial charge in [0.1, 0.15) is 0 Å². The molecule has 0 aliphatic rings. The van der Waals surface area contributed by atoms with Crippen LogP contribution in [0.2, 0.25) is 5.02 Å². The number of nitrogens with zero attached hydrogens (tertiary/aromatic N) is 1. The summed E-state index contributed by atoms with van der Waals surface area (Å²) in [5, 5.41) is 0.683. The number of aromatic amines is 1. The number of imidazole rings is 1. The molecule has 0 amide bonds. The number of halogens is 1. The van der Waals surface area contributed by atoms with Crippen LogP contribution in [0.15, 0.2) is 47.3 Å². The molecule has 0 saturated heterocycles. The summed E-state index contributed by atoms with van der Waals surface area (Å²) in [6, 6.07) is 13.4. The predicted octanol–water partition coefficient (Wildman–Crippen LogP) is 3.34. The van der Waals surface area contributed by atoms with Gasteiger partial charge in [0.15, 0.2) is 0 Å². The molecule has 0 fully saturated rings. The molecular formula is C15H13ClN2O. The number of H-pyrrole nitrogens is 1. The van der Waals surface area contributed by atoms with E-state index in [4.69, 9.17) is 11.6 Å². The average Bonchev–Trinajstić information content (AvgIpc) is 2.67. The summed E-state index contributed by atoms with van der Waals surface area (Å²) < 4.78 is 1.75. The highest BCUT2D eigenvalue weighted by Gasteiger charge is 2.09. The first kappa shape index (κ1) is 12.1. The van der Waals surface area contributed by atoms with E-state index < -0.39 is 0 Å². The maximum Gasteiger partial charge on any atom is 0.326 e. The van der Waals surface area contributed by atoms with Crippen LogP contribution >= 0.6 is 11.6 Å². The van der Waals surface area contributed by atoms with Gasteiger partial charge in [0.2, 0.25) is 0 Å². The predicted molar refractivity (Wildman–Crippen MR) is 77.8 cm³/mol. The first-order valence-electron chi connectivity index (χ1n) is 6.08. The van der Waals surface area contributed by atoms with Crippen molar-refractivity contribution < 1.29 is 0 Å². The first-order valence-corrected chi connectivity index (χ1v) is 6.45. The van der Waals surface area contributed by atoms with E-state index in [1.165, 1.54) is 0 Å². The topological polar surface area (TPSA) is 37.8 Å². The Kier molecular flexibility index (Phi) is 2.91. The van der Waals surface area contributed by atoms with E-state index in [0.717, 1.165) is 22.2 Å². The molecule has 0 saturated carbocycles. The van der Waals surface area contributed by atoms with Gasteiger partial charge in [0, 0.05) is 5.02 Å². The molecule has 0 unspecified atom stereocenters. The van der Waals surface area contributed by atoms with E-state index in [-0.39, 0.29) is 5.69 Å². The molecule has 96 valence electrons. The molecule has 0 aliphatic carbocycles. The maximum atomic E-state index is 12.1. The maximum absolute atomic E-state index is 12.1. The van der Waals surface area contributed by atoms with Crippen molar-refractivity contribution in [2.24, 2.45) is 0 Å². The molecule has 0 spiro atoms. The van der Waals surface area contributed by atoms with Gasteiger partial charge >= 0.3 is 5.69 Å². The second-order valence-corrected chi connectivity index (χ2v) is 5.05. The van der Waals surface area contributed by atoms with Crippen LogP contribution in [0.4, 0.5) is 0 Å². The molecular weight excluding hydrogens is 260 g/mol. The van der Waals surface area contributed by atoms with Gasteiger partial charge < -0.3 is 4.98 Å². The summed E-state index contributed by atoms with van der Waals surface area (Å²) in [6.45, 7) is 2.52. The second-order valence-electron chi connectivity index (χ2n) is 4.62. The number of fused-ring (bicyclic) bond motifs is 1. The van der Waals surface area contributed by atoms with Crippen LogP contribution in [0.3, 0.4) is 0 Å². The molecule has 1 N–H and O–H groups in total. The van der Waals surface area contributed by atoms with E-state index in [0.29, 0.717) is 11.6 Å². The van der Waals surface area contributed by atoms with Crippen molar-refractivity contribution in [3.8, 4) is 0 Å². The van der Waals surface area contributed by atoms with Crippen molar-refractivity contribution >= 4 is 22.6 Å². The van der Waals surface area contributed by atoms with Gasteiger partial charge in [0.25, 0.3) is 0 Å². The first-order chi connectivity index (χ1) is 9.15. The van der Waals surface area contributed by atoms with E-state index in [9.17, 15) is 4.79 Å². The SMILES string of the molecule is Cc1cccc2[nH]c(=O)n(Cc3cccc(Cl)c3)c12. The smallest absolute Gasteiger partial charge is 0.306 e. The van der Waals surface area contributed by atoms with Crippen LogP contribution in [0.25, 0.3) is 11.0 Å². The number of benzene rings is 2. The molecule has 4 heteroatoms. The third-order valence-corrected chi connectivity index (χ3v) is 3.46. The van der Waals surface area contributed by atoms with E-state index in [1.54, 1.807) is 4.57 Å². The molecule has 1 aromatic heterocycles. The number of aryl methyl sites for hydroxylation is 1. The normalized spacial score (nSPS) is 11.1. The highest BCUT2D eigenvalue weighted by Crippen LogP contribution is 2.17. The monoisotopic (exact) mass is 272 g/mol. The van der Waals surface area contributed by atoms with Gasteiger partial charge in [-0.1, -0.05) is 35.9 Å². The lowest BCUT2D eigenvalue weighted by Gasteiger charge is -2.06. The molecule has 0 radical (unpaired) electrons. The lowest BCUT2D eigenvalue weighted by atomic mass is 10.2. The largest absolute Gasteiger partial charge is 0.326 e. The Bertz CT molecular complexity index is 801. The van der Waals surface area contributed by atoms with Gasteiger partial charge in [-0.05, 0) is 36.2 Å². The molecule has 0 atom stereocenters. The zero-order chi connectivity index (χ0) is 13.4. The molecule has 19 heavy (non-hydrogen) atoms. The minimum Gasteiger partial charge on any atom is -0.306 e. The lowest BCUT2D eigenvalue weighted by Crippen LogP contribution is -2.17. The Labute approximate surface area is 115 Å². The Hall–Kier alpha value is -2.00. The van der Waals surface area contributed by atoms with Crippen LogP contribution in [-0.2, 0) is 6.54 Å². The number of nitrogens with one attached hydrogen (secondary N) is 1. The van der Waals surface area contributed by atoms with Crippen LogP contribution < -0.4 is 5.69 Å². The molecule has 3 aromatic rings. The van der Waals surface area contributed by atoms with Crippen molar-refractivity contribution in [2.75, 3.05) is 0 Å². The van der Waals surface area contributed by atoms with Gasteiger partial charge in [0.05, 0.1) is 17.6 Å². The molecule has 3 nitrogen and oxygen atoms in total. The fraction of sp³-hybridized carbons (Fsp3) is 0.133. The number of hydrogen-bond acceptors (Lipinski definition) is 1.